The summed E-state index contributed by atoms with van der Waals surface area (Å²) in [6, 6.07) is 25.5. The molecule has 3 aromatic carbocycles. The number of hydrogen-bond donors (Lipinski definition) is 0. The molecule has 39 heavy (non-hydrogen) atoms. The molecule has 1 spiro atoms. The molecule has 3 saturated heterocycles. The molecule has 0 aliphatic carbocycles. The van der Waals surface area contributed by atoms with Crippen LogP contribution in [0.4, 0.5) is 0 Å². The van der Waals surface area contributed by atoms with Gasteiger partial charge in [-0.3, -0.25) is 0 Å². The second kappa shape index (κ2) is 10.3. The average Bonchev–Trinajstić information content (AvgIpc) is 3.49. The fourth-order valence-corrected chi connectivity index (χ4v) is 7.78. The number of rotatable bonds is 6. The lowest BCUT2D eigenvalue weighted by molar-refractivity contribution is -0.956. The van der Waals surface area contributed by atoms with Gasteiger partial charge in [-0.1, -0.05) is 78.9 Å². The summed E-state index contributed by atoms with van der Waals surface area (Å²) in [5.41, 5.74) is 1.56. The summed E-state index contributed by atoms with van der Waals surface area (Å²) in [7, 11) is 0. The van der Waals surface area contributed by atoms with Crippen molar-refractivity contribution in [2.45, 2.75) is 76.2 Å². The van der Waals surface area contributed by atoms with Gasteiger partial charge in [0.25, 0.3) is 5.60 Å². The number of esters is 2. The van der Waals surface area contributed by atoms with Gasteiger partial charge in [-0.25, -0.2) is 9.59 Å². The van der Waals surface area contributed by atoms with E-state index in [1.165, 1.54) is 43.3 Å². The molecule has 3 aliphatic rings. The standard InChI is InChI=1S/C34H38NO4/c1-24-12-11-13-25(2)31(24)32(36)39-34(26-14-5-3-6-15-26,27-16-7-4-8-17-27)33(37)38-30-22-28-18-19-29(23-30)35(28)20-9-10-21-35/h3-8,11-17,28-30H,9-10,18-23H2,1-2H3/q+1. The summed E-state index contributed by atoms with van der Waals surface area (Å²) in [6.07, 6.45) is 6.61. The summed E-state index contributed by atoms with van der Waals surface area (Å²) in [6.45, 7) is 6.32. The molecule has 5 nitrogen and oxygen atoms in total. The van der Waals surface area contributed by atoms with Crippen molar-refractivity contribution in [2.75, 3.05) is 13.1 Å². The largest absolute Gasteiger partial charge is 0.458 e. The number of ether oxygens (including phenoxy) is 2. The first-order chi connectivity index (χ1) is 18.9. The van der Waals surface area contributed by atoms with Gasteiger partial charge in [0.1, 0.15) is 6.10 Å². The summed E-state index contributed by atoms with van der Waals surface area (Å²) in [4.78, 5) is 28.4. The van der Waals surface area contributed by atoms with Crippen LogP contribution in [0.15, 0.2) is 78.9 Å². The third-order valence-corrected chi connectivity index (χ3v) is 9.61. The molecule has 0 radical (unpaired) electrons. The van der Waals surface area contributed by atoms with E-state index in [2.05, 4.69) is 0 Å². The Morgan fingerprint density at radius 2 is 1.26 bits per heavy atom. The SMILES string of the molecule is Cc1cccc(C)c1C(=O)OC(C(=O)OC1CC2CCC(C1)[N+]21CCCC1)(c1ccccc1)c1ccccc1. The summed E-state index contributed by atoms with van der Waals surface area (Å²) >= 11 is 0. The van der Waals surface area contributed by atoms with E-state index in [9.17, 15) is 9.59 Å². The Morgan fingerprint density at radius 1 is 0.744 bits per heavy atom. The Hall–Kier alpha value is -3.44. The van der Waals surface area contributed by atoms with Crippen molar-refractivity contribution in [3.8, 4) is 0 Å². The van der Waals surface area contributed by atoms with Gasteiger partial charge >= 0.3 is 11.9 Å². The molecule has 5 heteroatoms. The molecule has 3 heterocycles. The maximum Gasteiger partial charge on any atom is 0.360 e. The fraction of sp³-hybridized carbons (Fsp3) is 0.412. The Morgan fingerprint density at radius 3 is 1.77 bits per heavy atom. The minimum atomic E-state index is -1.72. The van der Waals surface area contributed by atoms with Crippen LogP contribution >= 0.6 is 0 Å². The van der Waals surface area contributed by atoms with Crippen LogP contribution in [-0.4, -0.2) is 47.7 Å². The highest BCUT2D eigenvalue weighted by Gasteiger charge is 2.57. The first-order valence-corrected chi connectivity index (χ1v) is 14.4. The van der Waals surface area contributed by atoms with E-state index in [0.717, 1.165) is 24.0 Å². The molecule has 3 aliphatic heterocycles. The van der Waals surface area contributed by atoms with Crippen LogP contribution in [-0.2, 0) is 19.9 Å². The van der Waals surface area contributed by atoms with Crippen molar-refractivity contribution in [2.24, 2.45) is 0 Å². The van der Waals surface area contributed by atoms with Crippen LogP contribution in [0.1, 0.15) is 71.1 Å². The van der Waals surface area contributed by atoms with Crippen LogP contribution in [0.25, 0.3) is 0 Å². The third-order valence-electron chi connectivity index (χ3n) is 9.61. The second-order valence-corrected chi connectivity index (χ2v) is 11.7. The minimum absolute atomic E-state index is 0.176. The van der Waals surface area contributed by atoms with Gasteiger partial charge in [0.05, 0.1) is 30.7 Å². The molecular weight excluding hydrogens is 486 g/mol. The summed E-state index contributed by atoms with van der Waals surface area (Å²) < 4.78 is 14.1. The Bertz CT molecular complexity index is 1270. The van der Waals surface area contributed by atoms with Crippen molar-refractivity contribution in [3.63, 3.8) is 0 Å². The van der Waals surface area contributed by atoms with Gasteiger partial charge in [0.15, 0.2) is 0 Å². The topological polar surface area (TPSA) is 52.6 Å². The zero-order valence-corrected chi connectivity index (χ0v) is 23.0. The normalized spacial score (nSPS) is 23.5. The maximum atomic E-state index is 14.5. The van der Waals surface area contributed by atoms with E-state index in [0.29, 0.717) is 28.8 Å². The first kappa shape index (κ1) is 25.8. The molecule has 3 fully saturated rings. The molecule has 0 aromatic heterocycles. The van der Waals surface area contributed by atoms with Gasteiger partial charge in [-0.15, -0.1) is 0 Å². The second-order valence-electron chi connectivity index (χ2n) is 11.7. The van der Waals surface area contributed by atoms with Crippen molar-refractivity contribution in [3.05, 3.63) is 107 Å². The fourth-order valence-electron chi connectivity index (χ4n) is 7.78. The van der Waals surface area contributed by atoms with E-state index in [1.54, 1.807) is 0 Å². The van der Waals surface area contributed by atoms with Crippen molar-refractivity contribution < 1.29 is 23.5 Å². The predicted molar refractivity (Wildman–Crippen MR) is 150 cm³/mol. The minimum Gasteiger partial charge on any atom is -0.458 e. The van der Waals surface area contributed by atoms with Gasteiger partial charge in [0, 0.05) is 49.7 Å². The third kappa shape index (κ3) is 4.37. The van der Waals surface area contributed by atoms with E-state index >= 15 is 0 Å². The van der Waals surface area contributed by atoms with Crippen LogP contribution in [0.5, 0.6) is 0 Å². The van der Waals surface area contributed by atoms with E-state index in [1.807, 2.05) is 92.7 Å². The first-order valence-electron chi connectivity index (χ1n) is 14.4. The highest BCUT2D eigenvalue weighted by molar-refractivity contribution is 5.97. The molecule has 6 rings (SSSR count). The molecule has 0 N–H and O–H groups in total. The Balaban J connectivity index is 1.39. The lowest BCUT2D eigenvalue weighted by Gasteiger charge is -2.47. The van der Waals surface area contributed by atoms with Gasteiger partial charge in [-0.2, -0.15) is 0 Å². The Labute approximate surface area is 231 Å². The molecule has 3 aromatic rings. The number of hydrogen-bond acceptors (Lipinski definition) is 4. The molecular formula is C34H38NO4+. The smallest absolute Gasteiger partial charge is 0.360 e. The monoisotopic (exact) mass is 524 g/mol. The number of benzene rings is 3. The molecule has 2 unspecified atom stereocenters. The van der Waals surface area contributed by atoms with E-state index in [-0.39, 0.29) is 6.10 Å². The number of nitrogens with zero attached hydrogens (tertiary/aromatic N) is 1. The number of aryl methyl sites for hydroxylation is 2. The van der Waals surface area contributed by atoms with Crippen LogP contribution in [0.2, 0.25) is 0 Å². The molecule has 2 bridgehead atoms. The van der Waals surface area contributed by atoms with Gasteiger partial charge in [-0.05, 0) is 25.0 Å². The van der Waals surface area contributed by atoms with Crippen molar-refractivity contribution in [1.29, 1.82) is 0 Å². The highest BCUT2D eigenvalue weighted by Crippen LogP contribution is 2.47. The number of quaternary nitrogens is 1. The van der Waals surface area contributed by atoms with Gasteiger partial charge in [0.2, 0.25) is 0 Å². The maximum absolute atomic E-state index is 14.5. The lowest BCUT2D eigenvalue weighted by Crippen LogP contribution is -2.60. The zero-order chi connectivity index (χ0) is 27.0. The molecule has 2 atom stereocenters. The van der Waals surface area contributed by atoms with Gasteiger partial charge < -0.3 is 14.0 Å². The van der Waals surface area contributed by atoms with Crippen molar-refractivity contribution >= 4 is 11.9 Å². The zero-order valence-electron chi connectivity index (χ0n) is 23.0. The number of carbonyl (C=O) groups excluding carboxylic acids is 2. The molecule has 202 valence electrons. The number of piperidine rings is 1. The van der Waals surface area contributed by atoms with Crippen LogP contribution in [0.3, 0.4) is 0 Å². The summed E-state index contributed by atoms with van der Waals surface area (Å²) in [5.74, 6) is -1.04. The molecule has 0 amide bonds. The van der Waals surface area contributed by atoms with E-state index in [4.69, 9.17) is 9.47 Å². The van der Waals surface area contributed by atoms with Crippen molar-refractivity contribution in [1.82, 2.24) is 0 Å². The average molecular weight is 525 g/mol. The Kier molecular flexibility index (Phi) is 6.80. The van der Waals surface area contributed by atoms with E-state index < -0.39 is 17.5 Å². The predicted octanol–water partition coefficient (Wildman–Crippen LogP) is 6.25. The molecule has 0 saturated carbocycles. The summed E-state index contributed by atoms with van der Waals surface area (Å²) in [5, 5.41) is 0. The lowest BCUT2D eigenvalue weighted by atomic mass is 9.85. The quantitative estimate of drug-likeness (QED) is 0.283. The highest BCUT2D eigenvalue weighted by atomic mass is 16.6. The van der Waals surface area contributed by atoms with Crippen LogP contribution < -0.4 is 0 Å². The van der Waals surface area contributed by atoms with Crippen LogP contribution in [0, 0.1) is 13.8 Å². The number of carbonyl (C=O) groups is 2.